The van der Waals surface area contributed by atoms with Crippen molar-refractivity contribution in [1.82, 2.24) is 4.72 Å². The average molecular weight is 413 g/mol. The van der Waals surface area contributed by atoms with Gasteiger partial charge in [-0.25, -0.2) is 13.1 Å². The van der Waals surface area contributed by atoms with Crippen molar-refractivity contribution in [3.8, 4) is 0 Å². The summed E-state index contributed by atoms with van der Waals surface area (Å²) >= 11 is 6.67. The van der Waals surface area contributed by atoms with Crippen LogP contribution in [0.4, 0.5) is 0 Å². The number of hydrogen-bond acceptors (Lipinski definition) is 2. The zero-order valence-corrected chi connectivity index (χ0v) is 15.3. The van der Waals surface area contributed by atoms with Crippen LogP contribution in [0.25, 0.3) is 0 Å². The molecule has 0 radical (unpaired) electrons. The van der Waals surface area contributed by atoms with Crippen molar-refractivity contribution < 1.29 is 8.42 Å². The van der Waals surface area contributed by atoms with Crippen molar-refractivity contribution in [2.45, 2.75) is 38.1 Å². The van der Waals surface area contributed by atoms with Crippen molar-refractivity contribution in [3.63, 3.8) is 0 Å². The topological polar surface area (TPSA) is 46.2 Å². The average Bonchev–Trinajstić information content (AvgIpc) is 2.27. The summed E-state index contributed by atoms with van der Waals surface area (Å²) in [6, 6.07) is 6.61. The third-order valence-electron chi connectivity index (χ3n) is 2.85. The smallest absolute Gasteiger partial charge is 0.208 e. The Hall–Kier alpha value is 0.0900. The highest BCUT2D eigenvalue weighted by molar-refractivity contribution is 9.10. The number of rotatable bonds is 5. The summed E-state index contributed by atoms with van der Waals surface area (Å²) in [5.74, 6) is 0. The van der Waals surface area contributed by atoms with Crippen molar-refractivity contribution in [2.75, 3.05) is 5.33 Å². The fraction of sp³-hybridized carbons (Fsp3) is 0.538. The molecule has 1 aromatic carbocycles. The van der Waals surface area contributed by atoms with Crippen LogP contribution in [0.15, 0.2) is 33.6 Å². The predicted octanol–water partition coefficient (Wildman–Crippen LogP) is 3.93. The molecule has 0 fully saturated rings. The molecule has 3 nitrogen and oxygen atoms in total. The first-order valence-corrected chi connectivity index (χ1v) is 9.40. The summed E-state index contributed by atoms with van der Waals surface area (Å²) in [7, 11) is -3.49. The molecule has 0 aliphatic carbocycles. The largest absolute Gasteiger partial charge is 0.240 e. The number of halogens is 2. The molecular formula is C13H19Br2NO2S. The first-order valence-electron chi connectivity index (χ1n) is 6.00. The van der Waals surface area contributed by atoms with E-state index in [-0.39, 0.29) is 16.4 Å². The molecule has 0 aliphatic rings. The minimum absolute atomic E-state index is 0.115. The van der Waals surface area contributed by atoms with E-state index in [0.717, 1.165) is 16.2 Å². The van der Waals surface area contributed by atoms with E-state index in [1.165, 1.54) is 0 Å². The van der Waals surface area contributed by atoms with Crippen LogP contribution in [0.2, 0.25) is 0 Å². The fourth-order valence-electron chi connectivity index (χ4n) is 1.67. The third-order valence-corrected chi connectivity index (χ3v) is 5.27. The van der Waals surface area contributed by atoms with E-state index >= 15 is 0 Å². The van der Waals surface area contributed by atoms with E-state index in [4.69, 9.17) is 0 Å². The maximum atomic E-state index is 12.4. The van der Waals surface area contributed by atoms with Crippen molar-refractivity contribution in [2.24, 2.45) is 5.41 Å². The SMILES string of the molecule is CC(C)(C)C(CCBr)NS(=O)(=O)c1cccc(Br)c1. The van der Waals surface area contributed by atoms with Crippen molar-refractivity contribution >= 4 is 41.9 Å². The van der Waals surface area contributed by atoms with Gasteiger partial charge in [0.1, 0.15) is 0 Å². The van der Waals surface area contributed by atoms with Crippen molar-refractivity contribution in [3.05, 3.63) is 28.7 Å². The molecule has 0 aliphatic heterocycles. The lowest BCUT2D eigenvalue weighted by atomic mass is 9.86. The van der Waals surface area contributed by atoms with Gasteiger partial charge in [-0.05, 0) is 30.0 Å². The fourth-order valence-corrected chi connectivity index (χ4v) is 4.20. The predicted molar refractivity (Wildman–Crippen MR) is 86.1 cm³/mol. The zero-order chi connectivity index (χ0) is 14.7. The maximum absolute atomic E-state index is 12.4. The van der Waals surface area contributed by atoms with Crippen LogP contribution >= 0.6 is 31.9 Å². The maximum Gasteiger partial charge on any atom is 0.240 e. The van der Waals surface area contributed by atoms with Gasteiger partial charge in [-0.2, -0.15) is 0 Å². The molecule has 6 heteroatoms. The van der Waals surface area contributed by atoms with Gasteiger partial charge in [0.15, 0.2) is 0 Å². The molecule has 1 rings (SSSR count). The summed E-state index contributed by atoms with van der Waals surface area (Å²) in [5.41, 5.74) is -0.132. The molecule has 1 N–H and O–H groups in total. The molecule has 1 aromatic rings. The van der Waals surface area contributed by atoms with Crippen LogP contribution in [0.1, 0.15) is 27.2 Å². The summed E-state index contributed by atoms with van der Waals surface area (Å²) in [5, 5.41) is 0.760. The highest BCUT2D eigenvalue weighted by Gasteiger charge is 2.29. The van der Waals surface area contributed by atoms with E-state index < -0.39 is 10.0 Å². The Morgan fingerprint density at radius 2 is 1.95 bits per heavy atom. The molecular weight excluding hydrogens is 394 g/mol. The normalized spacial score (nSPS) is 14.4. The number of nitrogens with one attached hydrogen (secondary N) is 1. The molecule has 0 heterocycles. The Bertz CT molecular complexity index is 524. The van der Waals surface area contributed by atoms with Crippen LogP contribution in [-0.4, -0.2) is 19.8 Å². The third kappa shape index (κ3) is 5.17. The first-order chi connectivity index (χ1) is 8.66. The Morgan fingerprint density at radius 1 is 1.32 bits per heavy atom. The lowest BCUT2D eigenvalue weighted by Gasteiger charge is -2.30. The summed E-state index contributed by atoms with van der Waals surface area (Å²) in [6.45, 7) is 6.09. The van der Waals surface area contributed by atoms with E-state index in [0.29, 0.717) is 0 Å². The summed E-state index contributed by atoms with van der Waals surface area (Å²) in [4.78, 5) is 0.283. The van der Waals surface area contributed by atoms with Gasteiger partial charge in [0.2, 0.25) is 10.0 Å². The highest BCUT2D eigenvalue weighted by Crippen LogP contribution is 2.25. The van der Waals surface area contributed by atoms with E-state index in [2.05, 4.69) is 36.6 Å². The van der Waals surface area contributed by atoms with Gasteiger partial charge in [-0.1, -0.05) is 58.7 Å². The Balaban J connectivity index is 3.01. The van der Waals surface area contributed by atoms with Gasteiger partial charge in [0.25, 0.3) is 0 Å². The van der Waals surface area contributed by atoms with Gasteiger partial charge in [-0.15, -0.1) is 0 Å². The van der Waals surface area contributed by atoms with E-state index in [1.807, 2.05) is 20.8 Å². The van der Waals surface area contributed by atoms with Gasteiger partial charge in [0, 0.05) is 15.8 Å². The molecule has 0 saturated heterocycles. The summed E-state index contributed by atoms with van der Waals surface area (Å²) in [6.07, 6.45) is 0.747. The minimum Gasteiger partial charge on any atom is -0.208 e. The van der Waals surface area contributed by atoms with Crippen LogP contribution in [0.5, 0.6) is 0 Å². The Labute approximate surface area is 132 Å². The van der Waals surface area contributed by atoms with Crippen LogP contribution in [0, 0.1) is 5.41 Å². The molecule has 0 amide bonds. The van der Waals surface area contributed by atoms with E-state index in [1.54, 1.807) is 24.3 Å². The lowest BCUT2D eigenvalue weighted by Crippen LogP contribution is -2.43. The second kappa shape index (κ2) is 6.70. The Kier molecular flexibility index (Phi) is 6.04. The second-order valence-electron chi connectivity index (χ2n) is 5.47. The van der Waals surface area contributed by atoms with Gasteiger partial charge in [-0.3, -0.25) is 0 Å². The standard InChI is InChI=1S/C13H19Br2NO2S/c1-13(2,3)12(7-8-14)16-19(17,18)11-6-4-5-10(15)9-11/h4-6,9,12,16H,7-8H2,1-3H3. The molecule has 0 spiro atoms. The number of hydrogen-bond donors (Lipinski definition) is 1. The molecule has 108 valence electrons. The first kappa shape index (κ1) is 17.1. The second-order valence-corrected chi connectivity index (χ2v) is 8.90. The van der Waals surface area contributed by atoms with Gasteiger partial charge < -0.3 is 0 Å². The highest BCUT2D eigenvalue weighted by atomic mass is 79.9. The molecule has 0 saturated carbocycles. The molecule has 0 aromatic heterocycles. The minimum atomic E-state index is -3.49. The van der Waals surface area contributed by atoms with Gasteiger partial charge >= 0.3 is 0 Å². The van der Waals surface area contributed by atoms with Crippen molar-refractivity contribution in [1.29, 1.82) is 0 Å². The number of sulfonamides is 1. The van der Waals surface area contributed by atoms with E-state index in [9.17, 15) is 8.42 Å². The molecule has 1 atom stereocenters. The summed E-state index contributed by atoms with van der Waals surface area (Å²) < 4.78 is 28.3. The van der Waals surface area contributed by atoms with Crippen LogP contribution in [-0.2, 0) is 10.0 Å². The lowest BCUT2D eigenvalue weighted by molar-refractivity contribution is 0.293. The molecule has 1 unspecified atom stereocenters. The number of benzene rings is 1. The van der Waals surface area contributed by atoms with Gasteiger partial charge in [0.05, 0.1) is 4.90 Å². The van der Waals surface area contributed by atoms with Crippen LogP contribution < -0.4 is 4.72 Å². The Morgan fingerprint density at radius 3 is 2.42 bits per heavy atom. The monoisotopic (exact) mass is 411 g/mol. The molecule has 19 heavy (non-hydrogen) atoms. The molecule has 0 bridgehead atoms. The zero-order valence-electron chi connectivity index (χ0n) is 11.3. The quantitative estimate of drug-likeness (QED) is 0.744. The number of alkyl halides is 1. The van der Waals surface area contributed by atoms with Crippen LogP contribution in [0.3, 0.4) is 0 Å².